The Labute approximate surface area is 51.3 Å². The number of hydrogen-bond acceptors (Lipinski definition) is 0. The maximum atomic E-state index is 1.91. The van der Waals surface area contributed by atoms with Gasteiger partial charge in [-0.1, -0.05) is 0 Å². The fraction of sp³-hybridized carbons (Fsp3) is 0.875. The van der Waals surface area contributed by atoms with Crippen LogP contribution in [0.15, 0.2) is 0 Å². The van der Waals surface area contributed by atoms with Crippen molar-refractivity contribution >= 4 is 0 Å². The zero-order chi connectivity index (χ0) is 5.40. The second-order valence-corrected chi connectivity index (χ2v) is 3.14. The molecule has 0 aromatic carbocycles. The van der Waals surface area contributed by atoms with Gasteiger partial charge in [-0.3, -0.25) is 0 Å². The van der Waals surface area contributed by atoms with Crippen LogP contribution in [0.25, 0.3) is 0 Å². The van der Waals surface area contributed by atoms with Gasteiger partial charge >= 0.3 is 0 Å². The Bertz CT molecular complexity index is 66.0. The molecule has 0 aliphatic heterocycles. The first kappa shape index (κ1) is 4.72. The average molecular weight is 109 g/mol. The molecule has 0 amide bonds. The van der Waals surface area contributed by atoms with Crippen LogP contribution in [0, 0.1) is 11.8 Å². The Hall–Kier alpha value is -0.130. The summed E-state index contributed by atoms with van der Waals surface area (Å²) in [7, 11) is 0. The monoisotopic (exact) mass is 109 g/mol. The highest BCUT2D eigenvalue weighted by molar-refractivity contribution is 5.05. The molecule has 8 heavy (non-hydrogen) atoms. The fourth-order valence-electron chi connectivity index (χ4n) is 2.24. The maximum Gasteiger partial charge on any atom is 0.101 e. The molecule has 2 aliphatic rings. The lowest BCUT2D eigenvalue weighted by molar-refractivity contribution is 0.602. The molecule has 0 aromatic heterocycles. The maximum absolute atomic E-state index is 1.91. The van der Waals surface area contributed by atoms with Gasteiger partial charge in [0.25, 0.3) is 0 Å². The van der Waals surface area contributed by atoms with E-state index in [0.717, 1.165) is 5.92 Å². The predicted octanol–water partition coefficient (Wildman–Crippen LogP) is 2.54. The van der Waals surface area contributed by atoms with Gasteiger partial charge in [-0.15, -0.1) is 0 Å². The second-order valence-electron chi connectivity index (χ2n) is 3.14. The molecule has 0 bridgehead atoms. The van der Waals surface area contributed by atoms with Gasteiger partial charge in [0.15, 0.2) is 0 Å². The van der Waals surface area contributed by atoms with Gasteiger partial charge in [0.05, 0.1) is 18.8 Å². The van der Waals surface area contributed by atoms with Crippen molar-refractivity contribution in [3.05, 3.63) is 5.92 Å². The topological polar surface area (TPSA) is 0 Å². The van der Waals surface area contributed by atoms with Crippen LogP contribution in [0.2, 0.25) is 0 Å². The smallest absolute Gasteiger partial charge is 0.00799 e. The molecule has 0 aromatic rings. The standard InChI is InChI=1S/C8H13/c1-3-7-5-2-6-8(7)4-1/h7H,1-6H2/q+1. The SMILES string of the molecule is C1C[C+]2CCCC2C1. The van der Waals surface area contributed by atoms with E-state index in [1.165, 1.54) is 38.5 Å². The molecule has 44 valence electrons. The summed E-state index contributed by atoms with van der Waals surface area (Å²) in [5.41, 5.74) is 0. The number of fused-ring (bicyclic) bond motifs is 1. The normalized spacial score (nSPS) is 29.2. The highest BCUT2D eigenvalue weighted by Crippen LogP contribution is 2.45. The molecule has 2 saturated carbocycles. The molecule has 0 unspecified atom stereocenters. The Morgan fingerprint density at radius 1 is 1.00 bits per heavy atom. The van der Waals surface area contributed by atoms with E-state index < -0.39 is 0 Å². The van der Waals surface area contributed by atoms with Gasteiger partial charge in [0.2, 0.25) is 0 Å². The largest absolute Gasteiger partial charge is 0.101 e. The summed E-state index contributed by atoms with van der Waals surface area (Å²) in [6.07, 6.45) is 9.00. The molecule has 2 fully saturated rings. The van der Waals surface area contributed by atoms with Crippen LogP contribution in [0.1, 0.15) is 38.5 Å². The van der Waals surface area contributed by atoms with Crippen LogP contribution >= 0.6 is 0 Å². The fourth-order valence-corrected chi connectivity index (χ4v) is 2.24. The molecule has 2 rings (SSSR count). The van der Waals surface area contributed by atoms with E-state index in [4.69, 9.17) is 0 Å². The van der Waals surface area contributed by atoms with Crippen LogP contribution in [0.5, 0.6) is 0 Å². The number of rotatable bonds is 0. The van der Waals surface area contributed by atoms with Crippen molar-refractivity contribution in [3.63, 3.8) is 0 Å². The minimum absolute atomic E-state index is 1.09. The Balaban J connectivity index is 2.04. The lowest BCUT2D eigenvalue weighted by Gasteiger charge is -1.92. The van der Waals surface area contributed by atoms with Crippen LogP contribution in [0.4, 0.5) is 0 Å². The first-order valence-electron chi connectivity index (χ1n) is 3.81. The molecule has 0 heterocycles. The van der Waals surface area contributed by atoms with E-state index in [2.05, 4.69) is 0 Å². The summed E-state index contributed by atoms with van der Waals surface area (Å²) in [6.45, 7) is 0. The van der Waals surface area contributed by atoms with Crippen molar-refractivity contribution in [2.75, 3.05) is 0 Å². The molecule has 0 nitrogen and oxygen atoms in total. The summed E-state index contributed by atoms with van der Waals surface area (Å²) in [5, 5.41) is 0. The third-order valence-corrected chi connectivity index (χ3v) is 2.68. The molecule has 0 heteroatoms. The van der Waals surface area contributed by atoms with Crippen LogP contribution in [-0.2, 0) is 0 Å². The first-order valence-corrected chi connectivity index (χ1v) is 3.81. The Morgan fingerprint density at radius 2 is 1.62 bits per heavy atom. The molecule has 2 aliphatic carbocycles. The van der Waals surface area contributed by atoms with Crippen molar-refractivity contribution in [2.45, 2.75) is 38.5 Å². The zero-order valence-electron chi connectivity index (χ0n) is 5.32. The molecule has 0 N–H and O–H groups in total. The van der Waals surface area contributed by atoms with Crippen LogP contribution in [0.3, 0.4) is 0 Å². The summed E-state index contributed by atoms with van der Waals surface area (Å²) < 4.78 is 0. The van der Waals surface area contributed by atoms with E-state index in [-0.39, 0.29) is 0 Å². The van der Waals surface area contributed by atoms with Gasteiger partial charge in [-0.2, -0.15) is 0 Å². The zero-order valence-corrected chi connectivity index (χ0v) is 5.32. The number of hydrogen-bond donors (Lipinski definition) is 0. The van der Waals surface area contributed by atoms with Crippen molar-refractivity contribution in [3.8, 4) is 0 Å². The molecule has 0 saturated heterocycles. The highest BCUT2D eigenvalue weighted by Gasteiger charge is 2.41. The van der Waals surface area contributed by atoms with E-state index in [1.54, 1.807) is 0 Å². The Morgan fingerprint density at radius 3 is 2.12 bits per heavy atom. The van der Waals surface area contributed by atoms with Gasteiger partial charge in [0.1, 0.15) is 5.92 Å². The summed E-state index contributed by atoms with van der Waals surface area (Å²) >= 11 is 0. The minimum atomic E-state index is 1.09. The Kier molecular flexibility index (Phi) is 0.991. The van der Waals surface area contributed by atoms with Gasteiger partial charge in [-0.05, 0) is 25.7 Å². The third kappa shape index (κ3) is 0.553. The lowest BCUT2D eigenvalue weighted by Crippen LogP contribution is -1.93. The van der Waals surface area contributed by atoms with Gasteiger partial charge in [-0.25, -0.2) is 0 Å². The highest BCUT2D eigenvalue weighted by atomic mass is 14.4. The van der Waals surface area contributed by atoms with E-state index >= 15 is 0 Å². The predicted molar refractivity (Wildman–Crippen MR) is 34.4 cm³/mol. The van der Waals surface area contributed by atoms with E-state index in [0.29, 0.717) is 0 Å². The average Bonchev–Trinajstić information content (AvgIpc) is 2.15. The van der Waals surface area contributed by atoms with Crippen LogP contribution in [-0.4, -0.2) is 0 Å². The molecule has 0 radical (unpaired) electrons. The summed E-state index contributed by atoms with van der Waals surface area (Å²) in [6, 6.07) is 0. The van der Waals surface area contributed by atoms with Crippen molar-refractivity contribution in [1.82, 2.24) is 0 Å². The molecule has 0 spiro atoms. The molecular weight excluding hydrogens is 96.1 g/mol. The summed E-state index contributed by atoms with van der Waals surface area (Å²) in [4.78, 5) is 0. The lowest BCUT2D eigenvalue weighted by atomic mass is 10.0. The van der Waals surface area contributed by atoms with E-state index in [1.807, 2.05) is 5.92 Å². The van der Waals surface area contributed by atoms with Gasteiger partial charge < -0.3 is 0 Å². The third-order valence-electron chi connectivity index (χ3n) is 2.68. The molecular formula is C8H13+. The quantitative estimate of drug-likeness (QED) is 0.419. The first-order chi connectivity index (χ1) is 3.97. The van der Waals surface area contributed by atoms with Gasteiger partial charge in [0, 0.05) is 0 Å². The second kappa shape index (κ2) is 1.68. The molecule has 0 atom stereocenters. The van der Waals surface area contributed by atoms with Crippen molar-refractivity contribution in [1.29, 1.82) is 0 Å². The van der Waals surface area contributed by atoms with E-state index in [9.17, 15) is 0 Å². The van der Waals surface area contributed by atoms with Crippen LogP contribution < -0.4 is 0 Å². The minimum Gasteiger partial charge on any atom is -0.00799 e. The summed E-state index contributed by atoms with van der Waals surface area (Å²) in [5.74, 6) is 3.00. The van der Waals surface area contributed by atoms with Crippen molar-refractivity contribution in [2.24, 2.45) is 5.92 Å². The van der Waals surface area contributed by atoms with Crippen molar-refractivity contribution < 1.29 is 0 Å².